The van der Waals surface area contributed by atoms with Crippen molar-refractivity contribution in [3.63, 3.8) is 0 Å². The fourth-order valence-corrected chi connectivity index (χ4v) is 2.58. The molecule has 10 heavy (non-hydrogen) atoms. The first-order valence-corrected chi connectivity index (χ1v) is 4.90. The van der Waals surface area contributed by atoms with E-state index in [4.69, 9.17) is 5.11 Å². The van der Waals surface area contributed by atoms with Crippen molar-refractivity contribution in [3.8, 4) is 0 Å². The normalized spacial score (nSPS) is 34.2. The van der Waals surface area contributed by atoms with E-state index in [2.05, 4.69) is 5.32 Å². The van der Waals surface area contributed by atoms with Crippen molar-refractivity contribution in [2.24, 2.45) is 5.92 Å². The van der Waals surface area contributed by atoms with Gasteiger partial charge in [-0.05, 0) is 25.0 Å². The Morgan fingerprint density at radius 3 is 3.00 bits per heavy atom. The summed E-state index contributed by atoms with van der Waals surface area (Å²) >= 11 is 1.95. The number of aliphatic hydroxyl groups excluding tert-OH is 1. The molecule has 1 heterocycles. The lowest BCUT2D eigenvalue weighted by Gasteiger charge is -2.29. The zero-order valence-corrected chi connectivity index (χ0v) is 7.16. The highest BCUT2D eigenvalue weighted by Crippen LogP contribution is 2.22. The predicted molar refractivity (Wildman–Crippen MR) is 45.4 cm³/mol. The van der Waals surface area contributed by atoms with E-state index >= 15 is 0 Å². The predicted octanol–water partition coefficient (Wildman–Crippen LogP) is 0.320. The molecule has 0 aromatic rings. The van der Waals surface area contributed by atoms with Crippen molar-refractivity contribution in [1.82, 2.24) is 5.32 Å². The first kappa shape index (κ1) is 8.37. The smallest absolute Gasteiger partial charge is 0.0482 e. The van der Waals surface area contributed by atoms with Gasteiger partial charge in [-0.1, -0.05) is 0 Å². The van der Waals surface area contributed by atoms with Gasteiger partial charge in [0.1, 0.15) is 0 Å². The van der Waals surface area contributed by atoms with Crippen molar-refractivity contribution in [2.75, 3.05) is 25.2 Å². The molecule has 2 nitrogen and oxygen atoms in total. The molecule has 0 saturated carbocycles. The third-order valence-corrected chi connectivity index (χ3v) is 3.27. The molecular weight excluding hydrogens is 146 g/mol. The van der Waals surface area contributed by atoms with E-state index in [1.165, 1.54) is 12.2 Å². The van der Waals surface area contributed by atoms with Gasteiger partial charge in [0.2, 0.25) is 0 Å². The van der Waals surface area contributed by atoms with E-state index < -0.39 is 0 Å². The largest absolute Gasteiger partial charge is 0.396 e. The van der Waals surface area contributed by atoms with Gasteiger partial charge >= 0.3 is 0 Å². The molecule has 1 fully saturated rings. The van der Waals surface area contributed by atoms with Gasteiger partial charge in [-0.2, -0.15) is 11.8 Å². The summed E-state index contributed by atoms with van der Waals surface area (Å²) in [6, 6.07) is 0.547. The first-order valence-electron chi connectivity index (χ1n) is 3.74. The minimum Gasteiger partial charge on any atom is -0.396 e. The quantitative estimate of drug-likeness (QED) is 0.612. The van der Waals surface area contributed by atoms with Crippen LogP contribution in [0.25, 0.3) is 0 Å². The summed E-state index contributed by atoms with van der Waals surface area (Å²) in [5.41, 5.74) is 0. The lowest BCUT2D eigenvalue weighted by molar-refractivity contribution is 0.203. The van der Waals surface area contributed by atoms with Crippen molar-refractivity contribution in [1.29, 1.82) is 0 Å². The lowest BCUT2D eigenvalue weighted by Crippen LogP contribution is -2.40. The highest BCUT2D eigenvalue weighted by atomic mass is 32.2. The van der Waals surface area contributed by atoms with Gasteiger partial charge in [-0.15, -0.1) is 0 Å². The SMILES string of the molecule is CNC1CCSCC1CO. The molecule has 3 heteroatoms. The van der Waals surface area contributed by atoms with E-state index in [1.54, 1.807) is 0 Å². The average molecular weight is 161 g/mol. The van der Waals surface area contributed by atoms with Gasteiger partial charge in [0, 0.05) is 18.6 Å². The molecule has 2 unspecified atom stereocenters. The highest BCUT2D eigenvalue weighted by Gasteiger charge is 2.22. The Balaban J connectivity index is 2.34. The Kier molecular flexibility index (Phi) is 3.52. The second-order valence-electron chi connectivity index (χ2n) is 2.70. The molecule has 2 N–H and O–H groups in total. The monoisotopic (exact) mass is 161 g/mol. The Bertz CT molecular complexity index is 87.6. The number of hydrogen-bond donors (Lipinski definition) is 2. The van der Waals surface area contributed by atoms with Crippen LogP contribution < -0.4 is 5.32 Å². The molecule has 0 aromatic heterocycles. The summed E-state index contributed by atoms with van der Waals surface area (Å²) in [5, 5.41) is 12.2. The number of rotatable bonds is 2. The van der Waals surface area contributed by atoms with Crippen LogP contribution in [0.2, 0.25) is 0 Å². The Labute approximate surface area is 66.4 Å². The Hall–Kier alpha value is 0.270. The fraction of sp³-hybridized carbons (Fsp3) is 1.00. The van der Waals surface area contributed by atoms with E-state index in [0.717, 1.165) is 5.75 Å². The molecule has 1 aliphatic rings. The van der Waals surface area contributed by atoms with Gasteiger partial charge in [-0.25, -0.2) is 0 Å². The molecule has 0 bridgehead atoms. The van der Waals surface area contributed by atoms with Crippen molar-refractivity contribution < 1.29 is 5.11 Å². The lowest BCUT2D eigenvalue weighted by atomic mass is 10.0. The summed E-state index contributed by atoms with van der Waals surface area (Å²) in [5.74, 6) is 2.83. The van der Waals surface area contributed by atoms with Crippen LogP contribution in [-0.2, 0) is 0 Å². The zero-order valence-electron chi connectivity index (χ0n) is 6.34. The topological polar surface area (TPSA) is 32.3 Å². The van der Waals surface area contributed by atoms with E-state index in [0.29, 0.717) is 18.6 Å². The summed E-state index contributed by atoms with van der Waals surface area (Å²) in [6.07, 6.45) is 1.20. The van der Waals surface area contributed by atoms with E-state index in [9.17, 15) is 0 Å². The van der Waals surface area contributed by atoms with Crippen LogP contribution >= 0.6 is 11.8 Å². The summed E-state index contributed by atoms with van der Waals surface area (Å²) < 4.78 is 0. The maximum atomic E-state index is 8.94. The van der Waals surface area contributed by atoms with E-state index in [1.807, 2.05) is 18.8 Å². The van der Waals surface area contributed by atoms with Gasteiger partial charge < -0.3 is 10.4 Å². The van der Waals surface area contributed by atoms with Gasteiger partial charge in [-0.3, -0.25) is 0 Å². The molecule has 1 rings (SSSR count). The number of aliphatic hydroxyl groups is 1. The second-order valence-corrected chi connectivity index (χ2v) is 3.85. The third kappa shape index (κ3) is 1.87. The molecule has 0 spiro atoms. The van der Waals surface area contributed by atoms with Gasteiger partial charge in [0.25, 0.3) is 0 Å². The van der Waals surface area contributed by atoms with Crippen LogP contribution in [0.15, 0.2) is 0 Å². The van der Waals surface area contributed by atoms with Crippen LogP contribution in [0.1, 0.15) is 6.42 Å². The average Bonchev–Trinajstić information content (AvgIpc) is 2.04. The molecular formula is C7H15NOS. The van der Waals surface area contributed by atoms with Crippen molar-refractivity contribution in [3.05, 3.63) is 0 Å². The minimum absolute atomic E-state index is 0.332. The fourth-order valence-electron chi connectivity index (χ4n) is 1.36. The number of thioether (sulfide) groups is 1. The van der Waals surface area contributed by atoms with Gasteiger partial charge in [0.05, 0.1) is 0 Å². The zero-order chi connectivity index (χ0) is 7.40. The van der Waals surface area contributed by atoms with Crippen LogP contribution in [-0.4, -0.2) is 36.3 Å². The Morgan fingerprint density at radius 1 is 1.70 bits per heavy atom. The molecule has 0 amide bonds. The van der Waals surface area contributed by atoms with Gasteiger partial charge in [0.15, 0.2) is 0 Å². The standard InChI is InChI=1S/C7H15NOS/c1-8-7-2-3-10-5-6(7)4-9/h6-9H,2-5H2,1H3. The number of hydrogen-bond acceptors (Lipinski definition) is 3. The molecule has 60 valence electrons. The summed E-state index contributed by atoms with van der Waals surface area (Å²) in [6.45, 7) is 0.332. The number of nitrogens with one attached hydrogen (secondary N) is 1. The Morgan fingerprint density at radius 2 is 2.50 bits per heavy atom. The molecule has 2 atom stereocenters. The highest BCUT2D eigenvalue weighted by molar-refractivity contribution is 7.99. The molecule has 1 saturated heterocycles. The van der Waals surface area contributed by atoms with Crippen LogP contribution in [0, 0.1) is 5.92 Å². The van der Waals surface area contributed by atoms with Crippen LogP contribution in [0.5, 0.6) is 0 Å². The molecule has 0 aromatic carbocycles. The first-order chi connectivity index (χ1) is 4.88. The third-order valence-electron chi connectivity index (χ3n) is 2.08. The second kappa shape index (κ2) is 4.21. The summed E-state index contributed by atoms with van der Waals surface area (Å²) in [4.78, 5) is 0. The molecule has 0 aliphatic carbocycles. The van der Waals surface area contributed by atoms with Crippen LogP contribution in [0.3, 0.4) is 0 Å². The maximum Gasteiger partial charge on any atom is 0.0482 e. The summed E-state index contributed by atoms with van der Waals surface area (Å²) in [7, 11) is 1.98. The molecule has 1 aliphatic heterocycles. The molecule has 0 radical (unpaired) electrons. The van der Waals surface area contributed by atoms with E-state index in [-0.39, 0.29) is 0 Å². The van der Waals surface area contributed by atoms with Crippen LogP contribution in [0.4, 0.5) is 0 Å². The maximum absolute atomic E-state index is 8.94. The van der Waals surface area contributed by atoms with Crippen molar-refractivity contribution in [2.45, 2.75) is 12.5 Å². The van der Waals surface area contributed by atoms with Crippen molar-refractivity contribution >= 4 is 11.8 Å². The minimum atomic E-state index is 0.332.